The minimum atomic E-state index is -3.41. The van der Waals surface area contributed by atoms with Gasteiger partial charge in [-0.25, -0.2) is 8.42 Å². The average Bonchev–Trinajstić information content (AvgIpc) is 3.21. The first kappa shape index (κ1) is 15.8. The van der Waals surface area contributed by atoms with Crippen LogP contribution in [0.25, 0.3) is 0 Å². The second kappa shape index (κ2) is 6.44. The number of nitrogens with one attached hydrogen (secondary N) is 2. The molecule has 0 aliphatic heterocycles. The van der Waals surface area contributed by atoms with Crippen LogP contribution in [-0.2, 0) is 10.0 Å². The minimum absolute atomic E-state index is 0.272. The predicted octanol–water partition coefficient (Wildman–Crippen LogP) is 0.882. The maximum Gasteiger partial charge on any atom is 0.253 e. The van der Waals surface area contributed by atoms with Gasteiger partial charge in [0.2, 0.25) is 10.0 Å². The van der Waals surface area contributed by atoms with E-state index < -0.39 is 10.0 Å². The summed E-state index contributed by atoms with van der Waals surface area (Å²) in [6.45, 7) is 1.33. The van der Waals surface area contributed by atoms with Crippen LogP contribution in [0, 0.1) is 0 Å². The number of hydrogen-bond donors (Lipinski definition) is 2. The monoisotopic (exact) mass is 311 g/mol. The normalized spacial score (nSPS) is 15.0. The van der Waals surface area contributed by atoms with Crippen molar-refractivity contribution in [3.8, 4) is 0 Å². The number of sulfonamides is 1. The summed E-state index contributed by atoms with van der Waals surface area (Å²) in [7, 11) is -1.36. The van der Waals surface area contributed by atoms with Gasteiger partial charge in [0.1, 0.15) is 0 Å². The molecule has 2 N–H and O–H groups in total. The number of anilines is 1. The summed E-state index contributed by atoms with van der Waals surface area (Å²) in [5.74, 6) is -0.272. The van der Waals surface area contributed by atoms with E-state index in [0.29, 0.717) is 23.8 Å². The van der Waals surface area contributed by atoms with E-state index in [1.807, 2.05) is 7.05 Å². The fourth-order valence-electron chi connectivity index (χ4n) is 2.11. The Kier molecular flexibility index (Phi) is 4.84. The van der Waals surface area contributed by atoms with Gasteiger partial charge in [0.25, 0.3) is 5.91 Å². The highest BCUT2D eigenvalue weighted by molar-refractivity contribution is 7.92. The van der Waals surface area contributed by atoms with Crippen LogP contribution in [-0.4, -0.2) is 51.7 Å². The lowest BCUT2D eigenvalue weighted by Gasteiger charge is -2.16. The molecular formula is C14H21N3O3S. The fraction of sp³-hybridized carbons (Fsp3) is 0.500. The molecule has 0 aromatic heterocycles. The van der Waals surface area contributed by atoms with Crippen molar-refractivity contribution in [3.63, 3.8) is 0 Å². The first-order valence-corrected chi connectivity index (χ1v) is 8.81. The van der Waals surface area contributed by atoms with Gasteiger partial charge in [-0.3, -0.25) is 9.52 Å². The smallest absolute Gasteiger partial charge is 0.253 e. The third kappa shape index (κ3) is 5.02. The standard InChI is InChI=1S/C14H21N3O3S/c1-17(11-7-8-11)10-9-15-14(18)12-5-3-4-6-13(12)16-21(2,19)20/h3-6,11,16H,7-10H2,1-2H3,(H,15,18). The Balaban J connectivity index is 1.94. The Morgan fingerprint density at radius 1 is 1.33 bits per heavy atom. The SMILES string of the molecule is CN(CCNC(=O)c1ccccc1NS(C)(=O)=O)C1CC1. The van der Waals surface area contributed by atoms with Gasteiger partial charge in [-0.2, -0.15) is 0 Å². The number of rotatable bonds is 7. The molecule has 0 radical (unpaired) electrons. The fourth-order valence-corrected chi connectivity index (χ4v) is 2.69. The van der Waals surface area contributed by atoms with Crippen molar-refractivity contribution in [1.29, 1.82) is 0 Å². The van der Waals surface area contributed by atoms with E-state index in [4.69, 9.17) is 0 Å². The molecule has 1 saturated carbocycles. The third-order valence-electron chi connectivity index (χ3n) is 3.39. The van der Waals surface area contributed by atoms with Crippen molar-refractivity contribution >= 4 is 21.6 Å². The van der Waals surface area contributed by atoms with Gasteiger partial charge in [0, 0.05) is 19.1 Å². The molecule has 116 valence electrons. The first-order chi connectivity index (χ1) is 9.87. The molecule has 2 rings (SSSR count). The summed E-state index contributed by atoms with van der Waals surface area (Å²) in [5.41, 5.74) is 0.630. The first-order valence-electron chi connectivity index (χ1n) is 6.92. The van der Waals surface area contributed by atoms with E-state index in [2.05, 4.69) is 14.9 Å². The van der Waals surface area contributed by atoms with Gasteiger partial charge in [0.15, 0.2) is 0 Å². The lowest BCUT2D eigenvalue weighted by molar-refractivity contribution is 0.0950. The zero-order valence-electron chi connectivity index (χ0n) is 12.3. The number of amides is 1. The molecule has 1 aliphatic rings. The van der Waals surface area contributed by atoms with E-state index in [0.717, 1.165) is 12.8 Å². The molecule has 0 saturated heterocycles. The number of nitrogens with zero attached hydrogens (tertiary/aromatic N) is 1. The van der Waals surface area contributed by atoms with Gasteiger partial charge < -0.3 is 10.2 Å². The van der Waals surface area contributed by atoms with E-state index in [-0.39, 0.29) is 5.91 Å². The number of likely N-dealkylation sites (N-methyl/N-ethyl adjacent to an activating group) is 1. The number of hydrogen-bond acceptors (Lipinski definition) is 4. The number of benzene rings is 1. The van der Waals surface area contributed by atoms with Crippen LogP contribution in [0.1, 0.15) is 23.2 Å². The Hall–Kier alpha value is -1.60. The quantitative estimate of drug-likeness (QED) is 0.783. The minimum Gasteiger partial charge on any atom is -0.351 e. The molecule has 1 aromatic carbocycles. The van der Waals surface area contributed by atoms with Crippen LogP contribution in [0.3, 0.4) is 0 Å². The molecule has 1 amide bonds. The van der Waals surface area contributed by atoms with Crippen molar-refractivity contribution in [2.45, 2.75) is 18.9 Å². The molecule has 0 unspecified atom stereocenters. The highest BCUT2D eigenvalue weighted by atomic mass is 32.2. The van der Waals surface area contributed by atoms with Gasteiger partial charge in [0.05, 0.1) is 17.5 Å². The largest absolute Gasteiger partial charge is 0.351 e. The lowest BCUT2D eigenvalue weighted by Crippen LogP contribution is -2.34. The Morgan fingerprint density at radius 2 is 2.00 bits per heavy atom. The molecule has 6 nitrogen and oxygen atoms in total. The van der Waals surface area contributed by atoms with E-state index in [9.17, 15) is 13.2 Å². The molecule has 0 heterocycles. The number of para-hydroxylation sites is 1. The van der Waals surface area contributed by atoms with E-state index in [1.54, 1.807) is 24.3 Å². The van der Waals surface area contributed by atoms with Crippen LogP contribution < -0.4 is 10.0 Å². The van der Waals surface area contributed by atoms with Crippen LogP contribution in [0.5, 0.6) is 0 Å². The topological polar surface area (TPSA) is 78.5 Å². The van der Waals surface area contributed by atoms with Gasteiger partial charge in [-0.05, 0) is 32.0 Å². The summed E-state index contributed by atoms with van der Waals surface area (Å²) in [6, 6.07) is 7.23. The van der Waals surface area contributed by atoms with Crippen molar-refractivity contribution < 1.29 is 13.2 Å². The lowest BCUT2D eigenvalue weighted by atomic mass is 10.1. The van der Waals surface area contributed by atoms with Gasteiger partial charge in [-0.15, -0.1) is 0 Å². The summed E-state index contributed by atoms with van der Waals surface area (Å²) < 4.78 is 25.0. The van der Waals surface area contributed by atoms with E-state index >= 15 is 0 Å². The summed E-state index contributed by atoms with van der Waals surface area (Å²) in [4.78, 5) is 14.4. The average molecular weight is 311 g/mol. The summed E-state index contributed by atoms with van der Waals surface area (Å²) in [6.07, 6.45) is 3.52. The number of carbonyl (C=O) groups excluding carboxylic acids is 1. The molecule has 7 heteroatoms. The zero-order valence-corrected chi connectivity index (χ0v) is 13.1. The molecule has 0 bridgehead atoms. The predicted molar refractivity (Wildman–Crippen MR) is 82.9 cm³/mol. The second-order valence-electron chi connectivity index (χ2n) is 5.39. The molecule has 0 spiro atoms. The molecule has 1 aromatic rings. The van der Waals surface area contributed by atoms with Crippen molar-refractivity contribution in [1.82, 2.24) is 10.2 Å². The maximum atomic E-state index is 12.2. The zero-order chi connectivity index (χ0) is 15.5. The van der Waals surface area contributed by atoms with E-state index in [1.165, 1.54) is 12.8 Å². The van der Waals surface area contributed by atoms with Crippen LogP contribution in [0.4, 0.5) is 5.69 Å². The Bertz CT molecular complexity index is 612. The highest BCUT2D eigenvalue weighted by Gasteiger charge is 2.25. The van der Waals surface area contributed by atoms with Crippen molar-refractivity contribution in [2.24, 2.45) is 0 Å². The summed E-state index contributed by atoms with van der Waals surface area (Å²) >= 11 is 0. The maximum absolute atomic E-state index is 12.2. The molecular weight excluding hydrogens is 290 g/mol. The van der Waals surface area contributed by atoms with Crippen molar-refractivity contribution in [2.75, 3.05) is 31.1 Å². The van der Waals surface area contributed by atoms with Gasteiger partial charge >= 0.3 is 0 Å². The highest BCUT2D eigenvalue weighted by Crippen LogP contribution is 2.24. The molecule has 1 fully saturated rings. The second-order valence-corrected chi connectivity index (χ2v) is 7.14. The molecule has 1 aliphatic carbocycles. The summed E-state index contributed by atoms with van der Waals surface area (Å²) in [5, 5.41) is 2.82. The van der Waals surface area contributed by atoms with Crippen LogP contribution in [0.2, 0.25) is 0 Å². The Labute approximate surface area is 125 Å². The number of carbonyl (C=O) groups is 1. The van der Waals surface area contributed by atoms with Crippen molar-refractivity contribution in [3.05, 3.63) is 29.8 Å². The van der Waals surface area contributed by atoms with Crippen LogP contribution in [0.15, 0.2) is 24.3 Å². The molecule has 0 atom stereocenters. The molecule has 21 heavy (non-hydrogen) atoms. The third-order valence-corrected chi connectivity index (χ3v) is 3.98. The van der Waals surface area contributed by atoms with Gasteiger partial charge in [-0.1, -0.05) is 12.1 Å². The van der Waals surface area contributed by atoms with Crippen LogP contribution >= 0.6 is 0 Å². The Morgan fingerprint density at radius 3 is 2.62 bits per heavy atom.